The summed E-state index contributed by atoms with van der Waals surface area (Å²) >= 11 is 5.68. The van der Waals surface area contributed by atoms with Crippen LogP contribution in [0, 0.1) is 19.7 Å². The van der Waals surface area contributed by atoms with Gasteiger partial charge in [0.25, 0.3) is 5.56 Å². The molecular weight excluding hydrogens is 421 g/mol. The highest BCUT2D eigenvalue weighted by Crippen LogP contribution is 2.20. The third-order valence-electron chi connectivity index (χ3n) is 5.33. The van der Waals surface area contributed by atoms with Gasteiger partial charge in [0.1, 0.15) is 5.82 Å². The Morgan fingerprint density at radius 3 is 2.44 bits per heavy atom. The van der Waals surface area contributed by atoms with Crippen molar-refractivity contribution in [3.05, 3.63) is 111 Å². The summed E-state index contributed by atoms with van der Waals surface area (Å²) in [5.74, 6) is -0.309. The Bertz CT molecular complexity index is 1320. The number of aromatic nitrogens is 1. The number of H-pyrrole nitrogens is 1. The number of nitrogens with one attached hydrogen (secondary N) is 2. The minimum Gasteiger partial charge on any atom is -0.340 e. The molecule has 0 fully saturated rings. The average molecular weight is 446 g/mol. The first-order valence-electron chi connectivity index (χ1n) is 10.4. The molecule has 4 nitrogen and oxygen atoms in total. The van der Waals surface area contributed by atoms with E-state index in [0.29, 0.717) is 29.5 Å². The number of aryl methyl sites for hydroxylation is 2. The quantitative estimate of drug-likeness (QED) is 0.388. The van der Waals surface area contributed by atoms with Crippen LogP contribution in [-0.2, 0) is 13.1 Å². The maximum absolute atomic E-state index is 13.3. The van der Waals surface area contributed by atoms with E-state index >= 15 is 0 Å². The van der Waals surface area contributed by atoms with Crippen LogP contribution in [0.4, 0.5) is 10.1 Å². The number of pyridine rings is 1. The maximum Gasteiger partial charge on any atom is 0.253 e. The highest BCUT2D eigenvalue weighted by atomic mass is 32.1. The van der Waals surface area contributed by atoms with Gasteiger partial charge in [0, 0.05) is 17.8 Å². The minimum atomic E-state index is -0.309. The van der Waals surface area contributed by atoms with E-state index in [-0.39, 0.29) is 11.4 Å². The van der Waals surface area contributed by atoms with Crippen molar-refractivity contribution in [3.63, 3.8) is 0 Å². The summed E-state index contributed by atoms with van der Waals surface area (Å²) in [5.41, 5.74) is 5.29. The first-order valence-corrected chi connectivity index (χ1v) is 10.8. The van der Waals surface area contributed by atoms with Gasteiger partial charge < -0.3 is 15.2 Å². The van der Waals surface area contributed by atoms with E-state index in [0.717, 1.165) is 27.6 Å². The molecule has 4 aromatic rings. The number of aromatic amines is 1. The van der Waals surface area contributed by atoms with Crippen LogP contribution in [0.25, 0.3) is 10.9 Å². The maximum atomic E-state index is 13.3. The molecule has 0 amide bonds. The van der Waals surface area contributed by atoms with Gasteiger partial charge >= 0.3 is 0 Å². The molecule has 0 unspecified atom stereocenters. The van der Waals surface area contributed by atoms with Crippen molar-refractivity contribution in [3.8, 4) is 0 Å². The number of hydrogen-bond donors (Lipinski definition) is 2. The minimum absolute atomic E-state index is 0.132. The standard InChI is InChI=1S/C26H24FN3OS/c1-17-12-18(2)24-20(13-17)14-21(25(31)29-24)16-30(15-19-6-4-3-5-7-19)26(32)28-23-10-8-22(27)9-11-23/h3-14H,15-16H2,1-2H3,(H,28,32)(H,29,31). The van der Waals surface area contributed by atoms with Crippen molar-refractivity contribution in [1.82, 2.24) is 9.88 Å². The van der Waals surface area contributed by atoms with Gasteiger partial charge in [-0.05, 0) is 79.0 Å². The molecule has 0 saturated heterocycles. The highest BCUT2D eigenvalue weighted by molar-refractivity contribution is 7.80. The Balaban J connectivity index is 1.66. The number of hydrogen-bond acceptors (Lipinski definition) is 2. The largest absolute Gasteiger partial charge is 0.340 e. The molecule has 3 aromatic carbocycles. The predicted octanol–water partition coefficient (Wildman–Crippen LogP) is 5.68. The van der Waals surface area contributed by atoms with Crippen LogP contribution in [0.2, 0.25) is 0 Å². The molecule has 0 radical (unpaired) electrons. The Hall–Kier alpha value is -3.51. The van der Waals surface area contributed by atoms with E-state index in [4.69, 9.17) is 12.2 Å². The fourth-order valence-corrected chi connectivity index (χ4v) is 4.04. The molecule has 0 aliphatic heterocycles. The zero-order valence-corrected chi connectivity index (χ0v) is 18.8. The lowest BCUT2D eigenvalue weighted by molar-refractivity contribution is 0.411. The van der Waals surface area contributed by atoms with Gasteiger partial charge in [-0.3, -0.25) is 4.79 Å². The number of thiocarbonyl (C=S) groups is 1. The number of halogens is 1. The molecule has 0 saturated carbocycles. The monoisotopic (exact) mass is 445 g/mol. The molecule has 0 spiro atoms. The van der Waals surface area contributed by atoms with Crippen LogP contribution in [0.15, 0.2) is 77.6 Å². The second kappa shape index (κ2) is 9.32. The summed E-state index contributed by atoms with van der Waals surface area (Å²) in [5, 5.41) is 4.62. The predicted molar refractivity (Wildman–Crippen MR) is 132 cm³/mol. The molecule has 1 aromatic heterocycles. The average Bonchev–Trinajstić information content (AvgIpc) is 2.76. The summed E-state index contributed by atoms with van der Waals surface area (Å²) < 4.78 is 13.3. The van der Waals surface area contributed by atoms with Crippen molar-refractivity contribution in [1.29, 1.82) is 0 Å². The van der Waals surface area contributed by atoms with E-state index < -0.39 is 0 Å². The fourth-order valence-electron chi connectivity index (χ4n) is 3.79. The van der Waals surface area contributed by atoms with Crippen molar-refractivity contribution in [2.24, 2.45) is 0 Å². The summed E-state index contributed by atoms with van der Waals surface area (Å²) in [6.07, 6.45) is 0. The van der Waals surface area contributed by atoms with Crippen LogP contribution >= 0.6 is 12.2 Å². The molecule has 2 N–H and O–H groups in total. The lowest BCUT2D eigenvalue weighted by Gasteiger charge is -2.26. The Morgan fingerprint density at radius 1 is 1.00 bits per heavy atom. The molecular formula is C26H24FN3OS. The van der Waals surface area contributed by atoms with E-state index in [1.54, 1.807) is 12.1 Å². The molecule has 162 valence electrons. The lowest BCUT2D eigenvalue weighted by Crippen LogP contribution is -2.35. The SMILES string of the molecule is Cc1cc(C)c2[nH]c(=O)c(CN(Cc3ccccc3)C(=S)Nc3ccc(F)cc3)cc2c1. The van der Waals surface area contributed by atoms with Gasteiger partial charge in [-0.1, -0.05) is 42.0 Å². The summed E-state index contributed by atoms with van der Waals surface area (Å²) in [7, 11) is 0. The fraction of sp³-hybridized carbons (Fsp3) is 0.154. The van der Waals surface area contributed by atoms with Crippen LogP contribution in [0.1, 0.15) is 22.3 Å². The van der Waals surface area contributed by atoms with Gasteiger partial charge in [-0.2, -0.15) is 0 Å². The van der Waals surface area contributed by atoms with Gasteiger partial charge in [0.05, 0.1) is 12.1 Å². The molecule has 6 heteroatoms. The molecule has 0 aliphatic rings. The van der Waals surface area contributed by atoms with Crippen LogP contribution < -0.4 is 10.9 Å². The smallest absolute Gasteiger partial charge is 0.253 e. The molecule has 0 atom stereocenters. The van der Waals surface area contributed by atoms with E-state index in [9.17, 15) is 9.18 Å². The van der Waals surface area contributed by atoms with Crippen molar-refractivity contribution < 1.29 is 4.39 Å². The zero-order chi connectivity index (χ0) is 22.7. The summed E-state index contributed by atoms with van der Waals surface area (Å²) in [6.45, 7) is 4.90. The van der Waals surface area contributed by atoms with Crippen molar-refractivity contribution >= 4 is 33.9 Å². The number of nitrogens with zero attached hydrogens (tertiary/aromatic N) is 1. The van der Waals surface area contributed by atoms with Crippen LogP contribution in [0.3, 0.4) is 0 Å². The van der Waals surface area contributed by atoms with E-state index in [1.807, 2.05) is 55.1 Å². The van der Waals surface area contributed by atoms with Gasteiger partial charge in [0.2, 0.25) is 0 Å². The summed E-state index contributed by atoms with van der Waals surface area (Å²) in [6, 6.07) is 22.0. The molecule has 0 aliphatic carbocycles. The normalized spacial score (nSPS) is 10.8. The number of benzene rings is 3. The van der Waals surface area contributed by atoms with Crippen molar-refractivity contribution in [2.75, 3.05) is 5.32 Å². The molecule has 4 rings (SSSR count). The number of fused-ring (bicyclic) bond motifs is 1. The third kappa shape index (κ3) is 5.03. The van der Waals surface area contributed by atoms with Gasteiger partial charge in [-0.25, -0.2) is 4.39 Å². The Kier molecular flexibility index (Phi) is 6.32. The second-order valence-corrected chi connectivity index (χ2v) is 8.34. The highest BCUT2D eigenvalue weighted by Gasteiger charge is 2.15. The van der Waals surface area contributed by atoms with Gasteiger partial charge in [0.15, 0.2) is 5.11 Å². The van der Waals surface area contributed by atoms with E-state index in [2.05, 4.69) is 22.4 Å². The first kappa shape index (κ1) is 21.7. The van der Waals surface area contributed by atoms with Gasteiger partial charge in [-0.15, -0.1) is 0 Å². The molecule has 32 heavy (non-hydrogen) atoms. The second-order valence-electron chi connectivity index (χ2n) is 7.95. The van der Waals surface area contributed by atoms with Crippen molar-refractivity contribution in [2.45, 2.75) is 26.9 Å². The van der Waals surface area contributed by atoms with Crippen LogP contribution in [-0.4, -0.2) is 15.0 Å². The molecule has 0 bridgehead atoms. The Morgan fingerprint density at radius 2 is 1.72 bits per heavy atom. The van der Waals surface area contributed by atoms with E-state index in [1.165, 1.54) is 12.1 Å². The summed E-state index contributed by atoms with van der Waals surface area (Å²) in [4.78, 5) is 17.9. The first-order chi connectivity index (χ1) is 15.4. The Labute approximate surface area is 191 Å². The molecule has 1 heterocycles. The topological polar surface area (TPSA) is 48.1 Å². The number of anilines is 1. The number of rotatable bonds is 5. The zero-order valence-electron chi connectivity index (χ0n) is 18.0. The lowest BCUT2D eigenvalue weighted by atomic mass is 10.1. The van der Waals surface area contributed by atoms with Crippen LogP contribution in [0.5, 0.6) is 0 Å². The third-order valence-corrected chi connectivity index (χ3v) is 5.69.